The largest absolute Gasteiger partial charge is 0.490 e. The van der Waals surface area contributed by atoms with Crippen LogP contribution in [0, 0.1) is 5.92 Å². The van der Waals surface area contributed by atoms with Crippen LogP contribution in [0.4, 0.5) is 0 Å². The van der Waals surface area contributed by atoms with Crippen LogP contribution >= 0.6 is 11.6 Å². The summed E-state index contributed by atoms with van der Waals surface area (Å²) in [5.41, 5.74) is 2.37. The number of hydrogen-bond acceptors (Lipinski definition) is 3. The van der Waals surface area contributed by atoms with E-state index in [0.717, 1.165) is 24.2 Å². The fourth-order valence-electron chi connectivity index (χ4n) is 2.43. The molecule has 1 aromatic rings. The van der Waals surface area contributed by atoms with Gasteiger partial charge in [0.05, 0.1) is 17.7 Å². The smallest absolute Gasteiger partial charge is 0.138 e. The maximum atomic E-state index is 6.23. The highest BCUT2D eigenvalue weighted by molar-refractivity contribution is 6.32. The summed E-state index contributed by atoms with van der Waals surface area (Å²) in [6, 6.07) is 4.36. The van der Waals surface area contributed by atoms with Crippen LogP contribution in [-0.2, 0) is 11.2 Å². The first kappa shape index (κ1) is 15.3. The Bertz CT molecular complexity index is 486. The van der Waals surface area contributed by atoms with Crippen molar-refractivity contribution in [1.29, 1.82) is 0 Å². The zero-order chi connectivity index (χ0) is 14.5. The van der Waals surface area contributed by atoms with Gasteiger partial charge in [-0.2, -0.15) is 0 Å². The van der Waals surface area contributed by atoms with Gasteiger partial charge in [0.15, 0.2) is 0 Å². The van der Waals surface area contributed by atoms with Crippen molar-refractivity contribution < 1.29 is 9.47 Å². The van der Waals surface area contributed by atoms with Gasteiger partial charge in [-0.05, 0) is 42.0 Å². The predicted octanol–water partition coefficient (Wildman–Crippen LogP) is 3.75. The molecule has 0 saturated carbocycles. The number of halogens is 1. The lowest BCUT2D eigenvalue weighted by atomic mass is 9.93. The van der Waals surface area contributed by atoms with Crippen LogP contribution in [0.3, 0.4) is 0 Å². The fraction of sp³-hybridized carbons (Fsp3) is 0.562. The number of aliphatic imine (C=N–C) groups is 1. The highest BCUT2D eigenvalue weighted by Crippen LogP contribution is 2.31. The molecular weight excluding hydrogens is 274 g/mol. The van der Waals surface area contributed by atoms with Gasteiger partial charge in [0, 0.05) is 13.3 Å². The molecule has 2 rings (SSSR count). The van der Waals surface area contributed by atoms with E-state index >= 15 is 0 Å². The molecule has 0 radical (unpaired) electrons. The summed E-state index contributed by atoms with van der Waals surface area (Å²) < 4.78 is 10.6. The van der Waals surface area contributed by atoms with Gasteiger partial charge < -0.3 is 9.47 Å². The van der Waals surface area contributed by atoms with E-state index in [4.69, 9.17) is 21.1 Å². The standard InChI is InChI=1S/C16H22ClNO2/c1-11(2)6-14-7-12-9-16(20-5-4-19-3)15(17)8-13(12)10-18-14/h8-11,14H,4-7H2,1-3H3/t14-/m1/s1. The van der Waals surface area contributed by atoms with Gasteiger partial charge in [0.25, 0.3) is 0 Å². The molecule has 1 heterocycles. The number of hydrogen-bond donors (Lipinski definition) is 0. The number of nitrogens with zero attached hydrogens (tertiary/aromatic N) is 1. The Hall–Kier alpha value is -1.06. The third-order valence-corrected chi connectivity index (χ3v) is 3.66. The molecule has 0 aromatic heterocycles. The van der Waals surface area contributed by atoms with Crippen LogP contribution in [-0.4, -0.2) is 32.6 Å². The quantitative estimate of drug-likeness (QED) is 0.748. The first-order valence-corrected chi connectivity index (χ1v) is 7.45. The molecule has 110 valence electrons. The van der Waals surface area contributed by atoms with E-state index in [0.29, 0.717) is 30.2 Å². The highest BCUT2D eigenvalue weighted by Gasteiger charge is 2.18. The maximum absolute atomic E-state index is 6.23. The maximum Gasteiger partial charge on any atom is 0.138 e. The minimum atomic E-state index is 0.371. The van der Waals surface area contributed by atoms with Gasteiger partial charge in [-0.25, -0.2) is 0 Å². The van der Waals surface area contributed by atoms with Crippen LogP contribution in [0.25, 0.3) is 0 Å². The lowest BCUT2D eigenvalue weighted by Crippen LogP contribution is -2.17. The number of benzene rings is 1. The van der Waals surface area contributed by atoms with Crippen molar-refractivity contribution in [1.82, 2.24) is 0 Å². The third-order valence-electron chi connectivity index (χ3n) is 3.36. The Morgan fingerprint density at radius 3 is 2.85 bits per heavy atom. The Kier molecular flexibility index (Phi) is 5.44. The van der Waals surface area contributed by atoms with E-state index in [1.54, 1.807) is 7.11 Å². The van der Waals surface area contributed by atoms with E-state index in [9.17, 15) is 0 Å². The molecule has 0 bridgehead atoms. The molecule has 0 fully saturated rings. The average Bonchev–Trinajstić information content (AvgIpc) is 2.39. The molecule has 0 N–H and O–H groups in total. The van der Waals surface area contributed by atoms with E-state index < -0.39 is 0 Å². The van der Waals surface area contributed by atoms with Gasteiger partial charge in [0.2, 0.25) is 0 Å². The average molecular weight is 296 g/mol. The summed E-state index contributed by atoms with van der Waals surface area (Å²) in [7, 11) is 1.66. The SMILES string of the molecule is COCCOc1cc2c(cc1Cl)C=N[C@H](CC(C)C)C2. The summed E-state index contributed by atoms with van der Waals surface area (Å²) in [4.78, 5) is 4.61. The molecule has 1 aromatic carbocycles. The van der Waals surface area contributed by atoms with Crippen molar-refractivity contribution in [2.75, 3.05) is 20.3 Å². The summed E-state index contributed by atoms with van der Waals surface area (Å²) in [6.07, 6.45) is 4.01. The second-order valence-corrected chi connectivity index (χ2v) is 6.00. The topological polar surface area (TPSA) is 30.8 Å². The van der Waals surface area contributed by atoms with Crippen LogP contribution in [0.5, 0.6) is 5.75 Å². The summed E-state index contributed by atoms with van der Waals surface area (Å²) >= 11 is 6.23. The third kappa shape index (κ3) is 3.97. The molecule has 0 unspecified atom stereocenters. The van der Waals surface area contributed by atoms with Crippen LogP contribution in [0.2, 0.25) is 5.02 Å². The van der Waals surface area contributed by atoms with Crippen molar-refractivity contribution in [3.63, 3.8) is 0 Å². The van der Waals surface area contributed by atoms with E-state index in [1.807, 2.05) is 18.3 Å². The molecule has 1 aliphatic rings. The minimum absolute atomic E-state index is 0.371. The van der Waals surface area contributed by atoms with Crippen molar-refractivity contribution in [3.05, 3.63) is 28.3 Å². The minimum Gasteiger partial charge on any atom is -0.490 e. The van der Waals surface area contributed by atoms with Gasteiger partial charge in [-0.3, -0.25) is 4.99 Å². The van der Waals surface area contributed by atoms with Gasteiger partial charge in [-0.15, -0.1) is 0 Å². The lowest BCUT2D eigenvalue weighted by molar-refractivity contribution is 0.146. The Balaban J connectivity index is 2.11. The second-order valence-electron chi connectivity index (χ2n) is 5.59. The van der Waals surface area contributed by atoms with Crippen molar-refractivity contribution in [3.8, 4) is 5.75 Å². The van der Waals surface area contributed by atoms with E-state index in [2.05, 4.69) is 18.8 Å². The molecule has 0 aliphatic carbocycles. The van der Waals surface area contributed by atoms with E-state index in [1.165, 1.54) is 5.56 Å². The van der Waals surface area contributed by atoms with Gasteiger partial charge in [0.1, 0.15) is 12.4 Å². The first-order valence-electron chi connectivity index (χ1n) is 7.07. The van der Waals surface area contributed by atoms with Crippen molar-refractivity contribution in [2.45, 2.75) is 32.7 Å². The molecule has 0 spiro atoms. The summed E-state index contributed by atoms with van der Waals surface area (Å²) in [5, 5.41) is 0.633. The van der Waals surface area contributed by atoms with Crippen LogP contribution in [0.15, 0.2) is 17.1 Å². The highest BCUT2D eigenvalue weighted by atomic mass is 35.5. The predicted molar refractivity (Wildman–Crippen MR) is 83.4 cm³/mol. The molecule has 20 heavy (non-hydrogen) atoms. The molecule has 4 heteroatoms. The first-order chi connectivity index (χ1) is 9.60. The zero-order valence-electron chi connectivity index (χ0n) is 12.4. The Morgan fingerprint density at radius 2 is 2.15 bits per heavy atom. The van der Waals surface area contributed by atoms with Crippen LogP contribution in [0.1, 0.15) is 31.4 Å². The van der Waals surface area contributed by atoms with Crippen LogP contribution < -0.4 is 4.74 Å². The molecule has 1 aliphatic heterocycles. The fourth-order valence-corrected chi connectivity index (χ4v) is 2.66. The molecule has 0 saturated heterocycles. The van der Waals surface area contributed by atoms with Gasteiger partial charge in [-0.1, -0.05) is 25.4 Å². The Labute approximate surface area is 126 Å². The number of ether oxygens (including phenoxy) is 2. The molecule has 1 atom stereocenters. The molecule has 3 nitrogen and oxygen atoms in total. The Morgan fingerprint density at radius 1 is 1.35 bits per heavy atom. The lowest BCUT2D eigenvalue weighted by Gasteiger charge is -2.21. The second kappa shape index (κ2) is 7.09. The number of methoxy groups -OCH3 is 1. The van der Waals surface area contributed by atoms with Crippen molar-refractivity contribution >= 4 is 17.8 Å². The van der Waals surface area contributed by atoms with Crippen molar-refractivity contribution in [2.24, 2.45) is 10.9 Å². The van der Waals surface area contributed by atoms with E-state index in [-0.39, 0.29) is 0 Å². The summed E-state index contributed by atoms with van der Waals surface area (Å²) in [5.74, 6) is 1.39. The molecular formula is C16H22ClNO2. The number of rotatable bonds is 6. The van der Waals surface area contributed by atoms with Gasteiger partial charge >= 0.3 is 0 Å². The number of fused-ring (bicyclic) bond motifs is 1. The zero-order valence-corrected chi connectivity index (χ0v) is 13.1. The summed E-state index contributed by atoms with van der Waals surface area (Å²) in [6.45, 7) is 5.53. The normalized spacial score (nSPS) is 17.4. The molecule has 0 amide bonds. The monoisotopic (exact) mass is 295 g/mol.